The zero-order valence-corrected chi connectivity index (χ0v) is 16.2. The van der Waals surface area contributed by atoms with E-state index in [9.17, 15) is 4.79 Å². The van der Waals surface area contributed by atoms with Gasteiger partial charge in [0.2, 0.25) is 11.9 Å². The molecule has 2 N–H and O–H groups in total. The summed E-state index contributed by atoms with van der Waals surface area (Å²) < 4.78 is 5.06. The van der Waals surface area contributed by atoms with E-state index in [-0.39, 0.29) is 11.8 Å². The van der Waals surface area contributed by atoms with E-state index in [2.05, 4.69) is 35.4 Å². The van der Waals surface area contributed by atoms with Crippen molar-refractivity contribution in [2.75, 3.05) is 30.4 Å². The average Bonchev–Trinajstić information content (AvgIpc) is 3.24. The van der Waals surface area contributed by atoms with Crippen molar-refractivity contribution in [3.63, 3.8) is 0 Å². The van der Waals surface area contributed by atoms with Crippen LogP contribution in [0.5, 0.6) is 0 Å². The van der Waals surface area contributed by atoms with Gasteiger partial charge in [-0.2, -0.15) is 5.10 Å². The maximum Gasteiger partial charge on any atom is 0.229 e. The van der Waals surface area contributed by atoms with Crippen molar-refractivity contribution in [1.82, 2.24) is 25.1 Å². The molecule has 1 saturated heterocycles. The Balaban J connectivity index is 1.42. The molecule has 0 radical (unpaired) electrons. The zero-order chi connectivity index (χ0) is 20.1. The first-order valence-electron chi connectivity index (χ1n) is 9.56. The molecule has 29 heavy (non-hydrogen) atoms. The minimum Gasteiger partial charge on any atom is -0.377 e. The molecule has 1 amide bonds. The summed E-state index contributed by atoms with van der Waals surface area (Å²) in [6.07, 6.45) is 5.21. The number of H-pyrrole nitrogens is 1. The van der Waals surface area contributed by atoms with E-state index in [1.807, 2.05) is 24.3 Å². The molecule has 9 nitrogen and oxygen atoms in total. The molecule has 0 bridgehead atoms. The van der Waals surface area contributed by atoms with Crippen molar-refractivity contribution in [2.45, 2.75) is 19.4 Å². The van der Waals surface area contributed by atoms with Crippen molar-refractivity contribution in [1.29, 1.82) is 0 Å². The van der Waals surface area contributed by atoms with Gasteiger partial charge in [-0.25, -0.2) is 15.0 Å². The predicted octanol–water partition coefficient (Wildman–Crippen LogP) is 2.26. The molecule has 2 aromatic heterocycles. The third-order valence-electron chi connectivity index (χ3n) is 4.83. The molecule has 9 heteroatoms. The monoisotopic (exact) mass is 393 g/mol. The van der Waals surface area contributed by atoms with Crippen LogP contribution < -0.4 is 10.2 Å². The Morgan fingerprint density at radius 1 is 1.31 bits per heavy atom. The number of hydrogen-bond acceptors (Lipinski definition) is 7. The Kier molecular flexibility index (Phi) is 5.76. The quantitative estimate of drug-likeness (QED) is 0.661. The lowest BCUT2D eigenvalue weighted by atomic mass is 9.97. The van der Waals surface area contributed by atoms with Crippen LogP contribution in [0.3, 0.4) is 0 Å². The topological polar surface area (TPSA) is 109 Å². The van der Waals surface area contributed by atoms with Crippen LogP contribution in [0.1, 0.15) is 18.7 Å². The number of anilines is 2. The number of rotatable bonds is 6. The van der Waals surface area contributed by atoms with Crippen molar-refractivity contribution >= 4 is 17.5 Å². The second-order valence-corrected chi connectivity index (χ2v) is 6.94. The number of carbonyl (C=O) groups excluding carboxylic acids is 1. The van der Waals surface area contributed by atoms with E-state index in [0.29, 0.717) is 30.7 Å². The maximum absolute atomic E-state index is 12.8. The summed E-state index contributed by atoms with van der Waals surface area (Å²) in [5.41, 5.74) is 1.54. The predicted molar refractivity (Wildman–Crippen MR) is 108 cm³/mol. The highest BCUT2D eigenvalue weighted by molar-refractivity contribution is 5.93. The molecule has 0 saturated carbocycles. The minimum atomic E-state index is -0.118. The number of benzene rings is 1. The zero-order valence-electron chi connectivity index (χ0n) is 16.2. The molecule has 4 rings (SSSR count). The lowest BCUT2D eigenvalue weighted by molar-refractivity contribution is -0.120. The number of nitrogens with zero attached hydrogens (tertiary/aromatic N) is 5. The summed E-state index contributed by atoms with van der Waals surface area (Å²) in [6, 6.07) is 9.31. The van der Waals surface area contributed by atoms with Gasteiger partial charge in [-0.15, -0.1) is 0 Å². The average molecular weight is 393 g/mol. The van der Waals surface area contributed by atoms with Gasteiger partial charge >= 0.3 is 0 Å². The Hall–Kier alpha value is -3.33. The fraction of sp³-hybridized carbons (Fsp3) is 0.350. The maximum atomic E-state index is 12.8. The smallest absolute Gasteiger partial charge is 0.229 e. The van der Waals surface area contributed by atoms with Crippen LogP contribution in [-0.4, -0.2) is 51.3 Å². The van der Waals surface area contributed by atoms with Gasteiger partial charge in [0, 0.05) is 43.8 Å². The largest absolute Gasteiger partial charge is 0.377 e. The number of methoxy groups -OCH3 is 1. The second kappa shape index (κ2) is 8.78. The molecule has 0 aliphatic carbocycles. The van der Waals surface area contributed by atoms with Crippen LogP contribution in [0.15, 0.2) is 42.7 Å². The van der Waals surface area contributed by atoms with E-state index in [4.69, 9.17) is 4.74 Å². The summed E-state index contributed by atoms with van der Waals surface area (Å²) in [4.78, 5) is 27.9. The lowest BCUT2D eigenvalue weighted by Gasteiger charge is -2.31. The van der Waals surface area contributed by atoms with Gasteiger partial charge in [0.15, 0.2) is 11.6 Å². The fourth-order valence-corrected chi connectivity index (χ4v) is 3.43. The van der Waals surface area contributed by atoms with Crippen LogP contribution in [0.4, 0.5) is 11.6 Å². The Bertz CT molecular complexity index is 960. The van der Waals surface area contributed by atoms with Crippen LogP contribution in [0.2, 0.25) is 0 Å². The third-order valence-corrected chi connectivity index (χ3v) is 4.83. The van der Waals surface area contributed by atoms with Crippen molar-refractivity contribution in [3.05, 3.63) is 48.5 Å². The van der Waals surface area contributed by atoms with Gasteiger partial charge in [0.05, 0.1) is 5.92 Å². The molecular formula is C20H23N7O2. The first-order valence-corrected chi connectivity index (χ1v) is 9.56. The van der Waals surface area contributed by atoms with Crippen molar-refractivity contribution < 1.29 is 9.53 Å². The highest BCUT2D eigenvalue weighted by atomic mass is 16.5. The second-order valence-electron chi connectivity index (χ2n) is 6.94. The standard InChI is InChI=1S/C20H23N7O2/c1-29-13-17-24-18(26-25-17)14-5-2-7-16(11-14)23-19(28)15-6-3-10-27(12-15)20-21-8-4-9-22-20/h2,4-5,7-9,11,15H,3,6,10,12-13H2,1H3,(H,23,28)(H,24,25,26)/t15-/m0/s1. The molecule has 3 aromatic rings. The van der Waals surface area contributed by atoms with Gasteiger partial charge in [-0.1, -0.05) is 12.1 Å². The molecule has 3 heterocycles. The molecule has 1 aromatic carbocycles. The fourth-order valence-electron chi connectivity index (χ4n) is 3.43. The first-order chi connectivity index (χ1) is 14.2. The number of aromatic nitrogens is 5. The summed E-state index contributed by atoms with van der Waals surface area (Å²) in [5, 5.41) is 10.1. The highest BCUT2D eigenvalue weighted by Gasteiger charge is 2.27. The lowest BCUT2D eigenvalue weighted by Crippen LogP contribution is -2.41. The summed E-state index contributed by atoms with van der Waals surface area (Å²) >= 11 is 0. The summed E-state index contributed by atoms with van der Waals surface area (Å²) in [7, 11) is 1.61. The van der Waals surface area contributed by atoms with E-state index in [1.54, 1.807) is 25.6 Å². The molecule has 1 aliphatic rings. The number of ether oxygens (including phenoxy) is 1. The molecule has 0 unspecified atom stereocenters. The van der Waals surface area contributed by atoms with E-state index in [1.165, 1.54) is 0 Å². The molecular weight excluding hydrogens is 370 g/mol. The number of nitrogens with one attached hydrogen (secondary N) is 2. The molecule has 0 spiro atoms. The first kappa shape index (κ1) is 19.0. The molecule has 150 valence electrons. The Morgan fingerprint density at radius 2 is 2.17 bits per heavy atom. The van der Waals surface area contributed by atoms with E-state index >= 15 is 0 Å². The highest BCUT2D eigenvalue weighted by Crippen LogP contribution is 2.23. The molecule has 1 fully saturated rings. The van der Waals surface area contributed by atoms with Gasteiger partial charge in [0.1, 0.15) is 6.61 Å². The molecule has 1 atom stereocenters. The van der Waals surface area contributed by atoms with Crippen molar-refractivity contribution in [2.24, 2.45) is 5.92 Å². The van der Waals surface area contributed by atoms with Gasteiger partial charge in [0.25, 0.3) is 0 Å². The van der Waals surface area contributed by atoms with Crippen molar-refractivity contribution in [3.8, 4) is 11.4 Å². The van der Waals surface area contributed by atoms with Crippen LogP contribution in [0, 0.1) is 5.92 Å². The molecule has 1 aliphatic heterocycles. The third kappa shape index (κ3) is 4.57. The number of carbonyl (C=O) groups is 1. The summed E-state index contributed by atoms with van der Waals surface area (Å²) in [5.74, 6) is 1.77. The number of piperidine rings is 1. The number of aromatic amines is 1. The van der Waals surface area contributed by atoms with Crippen LogP contribution in [-0.2, 0) is 16.1 Å². The SMILES string of the molecule is COCc1nc(-c2cccc(NC(=O)[C@H]3CCCN(c4ncccn4)C3)c2)n[nH]1. The Morgan fingerprint density at radius 3 is 3.00 bits per heavy atom. The van der Waals surface area contributed by atoms with Gasteiger partial charge in [-0.05, 0) is 31.0 Å². The van der Waals surface area contributed by atoms with Crippen LogP contribution in [0.25, 0.3) is 11.4 Å². The van der Waals surface area contributed by atoms with Gasteiger partial charge < -0.3 is 15.0 Å². The van der Waals surface area contributed by atoms with E-state index < -0.39 is 0 Å². The normalized spacial score (nSPS) is 16.6. The van der Waals surface area contributed by atoms with Crippen LogP contribution >= 0.6 is 0 Å². The minimum absolute atomic E-state index is 0.00200. The number of hydrogen-bond donors (Lipinski definition) is 2. The summed E-state index contributed by atoms with van der Waals surface area (Å²) in [6.45, 7) is 1.83. The Labute approximate surface area is 168 Å². The van der Waals surface area contributed by atoms with Gasteiger partial charge in [-0.3, -0.25) is 9.89 Å². The van der Waals surface area contributed by atoms with E-state index in [0.717, 1.165) is 30.6 Å². The number of amides is 1.